The summed E-state index contributed by atoms with van der Waals surface area (Å²) < 4.78 is 5.22. The number of benzene rings is 2. The summed E-state index contributed by atoms with van der Waals surface area (Å²) >= 11 is 0. The number of nitrogens with zero attached hydrogens (tertiary/aromatic N) is 2. The second kappa shape index (κ2) is 7.52. The van der Waals surface area contributed by atoms with Crippen LogP contribution in [0.5, 0.6) is 0 Å². The summed E-state index contributed by atoms with van der Waals surface area (Å²) in [7, 11) is 1.69. The van der Waals surface area contributed by atoms with Gasteiger partial charge in [-0.05, 0) is 40.7 Å². The molecule has 0 saturated carbocycles. The fraction of sp³-hybridized carbons (Fsp3) is 0.200. The number of hydrogen-bond donors (Lipinski definition) is 2. The van der Waals surface area contributed by atoms with Crippen LogP contribution in [0.15, 0.2) is 60.7 Å². The maximum atomic E-state index is 11.2. The molecule has 3 N–H and O–H groups in total. The zero-order chi connectivity index (χ0) is 20.7. The Bertz CT molecular complexity index is 1180. The number of aliphatic hydroxyl groups is 1. The van der Waals surface area contributed by atoms with Gasteiger partial charge < -0.3 is 15.6 Å². The highest BCUT2D eigenvalue weighted by Crippen LogP contribution is 2.49. The van der Waals surface area contributed by atoms with Crippen LogP contribution in [0.3, 0.4) is 0 Å². The van der Waals surface area contributed by atoms with Gasteiger partial charge in [0.25, 0.3) is 0 Å². The molecule has 30 heavy (non-hydrogen) atoms. The van der Waals surface area contributed by atoms with E-state index >= 15 is 0 Å². The number of hydrogen-bond acceptors (Lipinski definition) is 5. The van der Waals surface area contributed by atoms with Crippen molar-refractivity contribution in [2.75, 3.05) is 12.8 Å². The summed E-state index contributed by atoms with van der Waals surface area (Å²) in [4.78, 5) is 9.08. The zero-order valence-electron chi connectivity index (χ0n) is 16.8. The SMILES string of the molecule is COCc1ccc(-c2cccc3c2-c2nc(N)nc(C4=CCCC=C4)c2C3O)cc1. The highest BCUT2D eigenvalue weighted by atomic mass is 16.5. The molecule has 150 valence electrons. The standard InChI is InChI=1S/C25H23N3O2/c1-30-14-15-10-12-16(13-11-15)18-8-5-9-19-20(18)23-21(24(19)29)22(27-25(26)28-23)17-6-3-2-4-7-17/h3,5-13,24,29H,2,4,14H2,1H3,(H2,26,27,28). The Balaban J connectivity index is 1.70. The van der Waals surface area contributed by atoms with E-state index in [-0.39, 0.29) is 5.95 Å². The van der Waals surface area contributed by atoms with Crippen molar-refractivity contribution in [1.82, 2.24) is 9.97 Å². The smallest absolute Gasteiger partial charge is 0.221 e. The number of allylic oxidation sites excluding steroid dienone is 4. The third-order valence-electron chi connectivity index (χ3n) is 5.71. The van der Waals surface area contributed by atoms with Crippen molar-refractivity contribution in [1.29, 1.82) is 0 Å². The predicted molar refractivity (Wildman–Crippen MR) is 118 cm³/mol. The number of fused-ring (bicyclic) bond motifs is 3. The lowest BCUT2D eigenvalue weighted by atomic mass is 9.95. The number of aromatic nitrogens is 2. The summed E-state index contributed by atoms with van der Waals surface area (Å²) in [6.45, 7) is 0.574. The molecule has 1 heterocycles. The molecule has 0 fully saturated rings. The first-order valence-electron chi connectivity index (χ1n) is 10.1. The number of methoxy groups -OCH3 is 1. The molecule has 5 rings (SSSR count). The maximum Gasteiger partial charge on any atom is 0.221 e. The van der Waals surface area contributed by atoms with Gasteiger partial charge in [-0.15, -0.1) is 0 Å². The van der Waals surface area contributed by atoms with Crippen molar-refractivity contribution in [2.24, 2.45) is 0 Å². The van der Waals surface area contributed by atoms with E-state index in [0.717, 1.165) is 63.2 Å². The molecule has 1 aromatic heterocycles. The van der Waals surface area contributed by atoms with Crippen molar-refractivity contribution in [3.63, 3.8) is 0 Å². The quantitative estimate of drug-likeness (QED) is 0.669. The van der Waals surface area contributed by atoms with Gasteiger partial charge in [0.15, 0.2) is 0 Å². The molecule has 5 nitrogen and oxygen atoms in total. The Kier molecular flexibility index (Phi) is 4.69. The van der Waals surface area contributed by atoms with Gasteiger partial charge in [-0.3, -0.25) is 0 Å². The van der Waals surface area contributed by atoms with Crippen LogP contribution in [0.4, 0.5) is 5.95 Å². The summed E-state index contributed by atoms with van der Waals surface area (Å²) in [5.74, 6) is 0.217. The zero-order valence-corrected chi connectivity index (χ0v) is 16.8. The molecule has 0 bridgehead atoms. The van der Waals surface area contributed by atoms with E-state index in [1.54, 1.807) is 7.11 Å². The minimum absolute atomic E-state index is 0.217. The second-order valence-electron chi connectivity index (χ2n) is 7.63. The molecule has 5 heteroatoms. The summed E-state index contributed by atoms with van der Waals surface area (Å²) in [6.07, 6.45) is 7.51. The van der Waals surface area contributed by atoms with Gasteiger partial charge in [-0.1, -0.05) is 60.7 Å². The molecule has 3 aromatic rings. The predicted octanol–water partition coefficient (Wildman–Crippen LogP) is 4.67. The fourth-order valence-electron chi connectivity index (χ4n) is 4.35. The minimum atomic E-state index is -0.783. The van der Waals surface area contributed by atoms with Gasteiger partial charge in [0, 0.05) is 18.2 Å². The molecule has 2 aliphatic carbocycles. The Hall–Kier alpha value is -3.28. The van der Waals surface area contributed by atoms with Crippen molar-refractivity contribution in [2.45, 2.75) is 25.6 Å². The summed E-state index contributed by atoms with van der Waals surface area (Å²) in [5, 5.41) is 11.2. The third-order valence-corrected chi connectivity index (χ3v) is 5.71. The molecule has 0 spiro atoms. The number of rotatable bonds is 4. The van der Waals surface area contributed by atoms with Crippen LogP contribution >= 0.6 is 0 Å². The van der Waals surface area contributed by atoms with E-state index in [2.05, 4.69) is 58.5 Å². The molecule has 0 amide bonds. The average Bonchev–Trinajstić information content (AvgIpc) is 3.07. The van der Waals surface area contributed by atoms with Gasteiger partial charge in [0.2, 0.25) is 5.95 Å². The Morgan fingerprint density at radius 1 is 1.07 bits per heavy atom. The normalized spacial score (nSPS) is 16.9. The van der Waals surface area contributed by atoms with Gasteiger partial charge in [-0.25, -0.2) is 9.97 Å². The first-order valence-corrected chi connectivity index (χ1v) is 10.1. The molecular formula is C25H23N3O2. The molecule has 2 aliphatic rings. The average molecular weight is 397 g/mol. The van der Waals surface area contributed by atoms with E-state index < -0.39 is 6.10 Å². The summed E-state index contributed by atoms with van der Waals surface area (Å²) in [5.41, 5.74) is 14.2. The van der Waals surface area contributed by atoms with Gasteiger partial charge in [0.05, 0.1) is 18.0 Å². The molecule has 1 atom stereocenters. The Morgan fingerprint density at radius 3 is 2.60 bits per heavy atom. The molecule has 1 unspecified atom stereocenters. The van der Waals surface area contributed by atoms with Crippen LogP contribution in [0.2, 0.25) is 0 Å². The summed E-state index contributed by atoms with van der Waals surface area (Å²) in [6, 6.07) is 14.3. The van der Waals surface area contributed by atoms with Gasteiger partial charge >= 0.3 is 0 Å². The van der Waals surface area contributed by atoms with Crippen molar-refractivity contribution < 1.29 is 9.84 Å². The highest BCUT2D eigenvalue weighted by molar-refractivity contribution is 5.92. The van der Waals surface area contributed by atoms with E-state index in [4.69, 9.17) is 10.5 Å². The van der Waals surface area contributed by atoms with E-state index in [1.807, 2.05) is 12.1 Å². The van der Waals surface area contributed by atoms with Crippen LogP contribution in [0, 0.1) is 0 Å². The van der Waals surface area contributed by atoms with Crippen LogP contribution in [-0.4, -0.2) is 22.2 Å². The van der Waals surface area contributed by atoms with Crippen LogP contribution in [-0.2, 0) is 11.3 Å². The van der Waals surface area contributed by atoms with E-state index in [0.29, 0.717) is 6.61 Å². The topological polar surface area (TPSA) is 81.3 Å². The van der Waals surface area contributed by atoms with Crippen LogP contribution in [0.1, 0.15) is 41.3 Å². The number of nitrogen functional groups attached to an aromatic ring is 1. The fourth-order valence-corrected chi connectivity index (χ4v) is 4.35. The van der Waals surface area contributed by atoms with Gasteiger partial charge in [-0.2, -0.15) is 0 Å². The maximum absolute atomic E-state index is 11.2. The minimum Gasteiger partial charge on any atom is -0.383 e. The molecular weight excluding hydrogens is 374 g/mol. The van der Waals surface area contributed by atoms with Crippen molar-refractivity contribution in [3.05, 3.63) is 83.1 Å². The van der Waals surface area contributed by atoms with Gasteiger partial charge in [0.1, 0.15) is 6.10 Å². The molecule has 0 saturated heterocycles. The number of aliphatic hydroxyl groups excluding tert-OH is 1. The second-order valence-corrected chi connectivity index (χ2v) is 7.63. The van der Waals surface area contributed by atoms with Crippen molar-refractivity contribution >= 4 is 11.5 Å². The first kappa shape index (κ1) is 18.7. The lowest BCUT2D eigenvalue weighted by Gasteiger charge is -2.14. The Morgan fingerprint density at radius 2 is 1.87 bits per heavy atom. The van der Waals surface area contributed by atoms with E-state index in [1.165, 1.54) is 0 Å². The Labute approximate surface area is 175 Å². The monoisotopic (exact) mass is 397 g/mol. The molecule has 0 aliphatic heterocycles. The highest BCUT2D eigenvalue weighted by Gasteiger charge is 2.34. The lowest BCUT2D eigenvalue weighted by molar-refractivity contribution is 0.185. The van der Waals surface area contributed by atoms with Crippen molar-refractivity contribution in [3.8, 4) is 22.4 Å². The molecule has 0 radical (unpaired) electrons. The third kappa shape index (κ3) is 3.03. The van der Waals surface area contributed by atoms with E-state index in [9.17, 15) is 5.11 Å². The number of anilines is 1. The van der Waals surface area contributed by atoms with Crippen LogP contribution in [0.25, 0.3) is 28.0 Å². The van der Waals surface area contributed by atoms with Crippen LogP contribution < -0.4 is 5.73 Å². The lowest BCUT2D eigenvalue weighted by Crippen LogP contribution is -2.07. The number of nitrogens with two attached hydrogens (primary N) is 1. The first-order chi connectivity index (χ1) is 14.7. The molecule has 2 aromatic carbocycles. The largest absolute Gasteiger partial charge is 0.383 e. The number of ether oxygens (including phenoxy) is 1.